The molecule has 4 heteroatoms. The first-order valence-corrected chi connectivity index (χ1v) is 5.31. The van der Waals surface area contributed by atoms with E-state index < -0.39 is 6.04 Å². The van der Waals surface area contributed by atoms with Crippen molar-refractivity contribution in [2.45, 2.75) is 13.0 Å². The lowest BCUT2D eigenvalue weighted by Crippen LogP contribution is -2.16. The van der Waals surface area contributed by atoms with Gasteiger partial charge < -0.3 is 11.5 Å². The third-order valence-corrected chi connectivity index (χ3v) is 2.78. The lowest BCUT2D eigenvalue weighted by Gasteiger charge is -2.15. The molecule has 0 radical (unpaired) electrons. The van der Waals surface area contributed by atoms with Crippen molar-refractivity contribution >= 4 is 5.69 Å². The van der Waals surface area contributed by atoms with Crippen LogP contribution in [0.4, 0.5) is 10.1 Å². The van der Waals surface area contributed by atoms with Gasteiger partial charge in [0.05, 0.1) is 6.04 Å². The van der Waals surface area contributed by atoms with Gasteiger partial charge in [0, 0.05) is 29.2 Å². The molecule has 0 aliphatic heterocycles. The smallest absolute Gasteiger partial charge is 0.131 e. The monoisotopic (exact) mass is 231 g/mol. The Morgan fingerprint density at radius 3 is 2.71 bits per heavy atom. The van der Waals surface area contributed by atoms with Crippen LogP contribution in [0, 0.1) is 12.7 Å². The van der Waals surface area contributed by atoms with Crippen LogP contribution < -0.4 is 11.5 Å². The second kappa shape index (κ2) is 4.51. The second-order valence-corrected chi connectivity index (χ2v) is 3.96. The number of aryl methyl sites for hydroxylation is 1. The van der Waals surface area contributed by atoms with Crippen LogP contribution in [-0.2, 0) is 0 Å². The number of nitrogen functional groups attached to an aromatic ring is 1. The van der Waals surface area contributed by atoms with Gasteiger partial charge in [-0.1, -0.05) is 18.2 Å². The fourth-order valence-electron chi connectivity index (χ4n) is 1.76. The molecule has 0 amide bonds. The molecule has 2 aromatic rings. The average molecular weight is 231 g/mol. The van der Waals surface area contributed by atoms with Crippen LogP contribution >= 0.6 is 0 Å². The summed E-state index contributed by atoms with van der Waals surface area (Å²) >= 11 is 0. The molecule has 0 saturated carbocycles. The minimum Gasteiger partial charge on any atom is -0.398 e. The van der Waals surface area contributed by atoms with Crippen molar-refractivity contribution in [1.82, 2.24) is 4.98 Å². The summed E-state index contributed by atoms with van der Waals surface area (Å²) in [6.07, 6.45) is 3.15. The number of rotatable bonds is 2. The highest BCUT2D eigenvalue weighted by Crippen LogP contribution is 2.26. The van der Waals surface area contributed by atoms with E-state index in [1.54, 1.807) is 43.6 Å². The maximum atomic E-state index is 13.9. The first-order chi connectivity index (χ1) is 8.11. The molecule has 0 bridgehead atoms. The Morgan fingerprint density at radius 1 is 1.24 bits per heavy atom. The van der Waals surface area contributed by atoms with Gasteiger partial charge >= 0.3 is 0 Å². The zero-order valence-electron chi connectivity index (χ0n) is 9.52. The lowest BCUT2D eigenvalue weighted by molar-refractivity contribution is 0.591. The largest absolute Gasteiger partial charge is 0.398 e. The maximum absolute atomic E-state index is 13.9. The molecule has 0 spiro atoms. The minimum atomic E-state index is -0.594. The van der Waals surface area contributed by atoms with E-state index in [9.17, 15) is 4.39 Å². The lowest BCUT2D eigenvalue weighted by atomic mass is 9.98. The molecule has 17 heavy (non-hydrogen) atoms. The molecule has 1 heterocycles. The Bertz CT molecular complexity index is 540. The van der Waals surface area contributed by atoms with Crippen molar-refractivity contribution in [3.63, 3.8) is 0 Å². The predicted molar refractivity (Wildman–Crippen MR) is 65.8 cm³/mol. The first kappa shape index (κ1) is 11.5. The zero-order valence-corrected chi connectivity index (χ0v) is 9.52. The molecule has 2 rings (SSSR count). The van der Waals surface area contributed by atoms with E-state index in [1.807, 2.05) is 0 Å². The van der Waals surface area contributed by atoms with E-state index >= 15 is 0 Å². The minimum absolute atomic E-state index is 0.289. The molecule has 0 saturated heterocycles. The Labute approximate surface area is 99.3 Å². The highest BCUT2D eigenvalue weighted by Gasteiger charge is 2.16. The van der Waals surface area contributed by atoms with E-state index in [-0.39, 0.29) is 5.82 Å². The van der Waals surface area contributed by atoms with Gasteiger partial charge in [0.1, 0.15) is 5.82 Å². The van der Waals surface area contributed by atoms with Crippen molar-refractivity contribution in [3.8, 4) is 0 Å². The van der Waals surface area contributed by atoms with E-state index in [0.717, 1.165) is 0 Å². The molecule has 88 valence electrons. The van der Waals surface area contributed by atoms with Gasteiger partial charge in [-0.25, -0.2) is 4.39 Å². The van der Waals surface area contributed by atoms with Crippen LogP contribution in [0.1, 0.15) is 22.7 Å². The summed E-state index contributed by atoms with van der Waals surface area (Å²) in [5.74, 6) is -0.289. The Morgan fingerprint density at radius 2 is 2.00 bits per heavy atom. The number of hydrogen-bond acceptors (Lipinski definition) is 3. The van der Waals surface area contributed by atoms with Crippen LogP contribution in [0.15, 0.2) is 36.7 Å². The van der Waals surface area contributed by atoms with Crippen molar-refractivity contribution in [2.75, 3.05) is 5.73 Å². The number of halogens is 1. The summed E-state index contributed by atoms with van der Waals surface area (Å²) in [6, 6.07) is 6.21. The third-order valence-electron chi connectivity index (χ3n) is 2.78. The maximum Gasteiger partial charge on any atom is 0.131 e. The Hall–Kier alpha value is -1.94. The fraction of sp³-hybridized carbons (Fsp3) is 0.154. The number of nitrogens with two attached hydrogens (primary N) is 2. The van der Waals surface area contributed by atoms with Gasteiger partial charge in [-0.15, -0.1) is 0 Å². The van der Waals surface area contributed by atoms with Crippen molar-refractivity contribution < 1.29 is 4.39 Å². The molecule has 1 atom stereocenters. The molecule has 1 unspecified atom stereocenters. The summed E-state index contributed by atoms with van der Waals surface area (Å²) in [6.45, 7) is 1.71. The van der Waals surface area contributed by atoms with Crippen LogP contribution in [0.3, 0.4) is 0 Å². The van der Waals surface area contributed by atoms with Gasteiger partial charge in [0.15, 0.2) is 0 Å². The number of aromatic nitrogens is 1. The molecule has 0 fully saturated rings. The molecule has 1 aromatic carbocycles. The van der Waals surface area contributed by atoms with Gasteiger partial charge in [0.25, 0.3) is 0 Å². The summed E-state index contributed by atoms with van der Waals surface area (Å²) in [5, 5.41) is 0. The quantitative estimate of drug-likeness (QED) is 0.832. The van der Waals surface area contributed by atoms with E-state index in [1.165, 1.54) is 0 Å². The van der Waals surface area contributed by atoms with Gasteiger partial charge in [-0.05, 0) is 18.6 Å². The van der Waals surface area contributed by atoms with Crippen molar-refractivity contribution in [2.24, 2.45) is 5.73 Å². The van der Waals surface area contributed by atoms with Crippen LogP contribution in [0.2, 0.25) is 0 Å². The first-order valence-electron chi connectivity index (χ1n) is 5.31. The van der Waals surface area contributed by atoms with Crippen molar-refractivity contribution in [1.29, 1.82) is 0 Å². The van der Waals surface area contributed by atoms with Crippen LogP contribution in [0.25, 0.3) is 0 Å². The number of pyridine rings is 1. The summed E-state index contributed by atoms with van der Waals surface area (Å²) in [7, 11) is 0. The number of nitrogens with zero attached hydrogens (tertiary/aromatic N) is 1. The van der Waals surface area contributed by atoms with Crippen molar-refractivity contribution in [3.05, 3.63) is 59.2 Å². The van der Waals surface area contributed by atoms with Crippen LogP contribution in [0.5, 0.6) is 0 Å². The fourth-order valence-corrected chi connectivity index (χ4v) is 1.76. The summed E-state index contributed by atoms with van der Waals surface area (Å²) in [5.41, 5.74) is 14.0. The second-order valence-electron chi connectivity index (χ2n) is 3.96. The summed E-state index contributed by atoms with van der Waals surface area (Å²) in [4.78, 5) is 3.96. The van der Waals surface area contributed by atoms with Crippen LogP contribution in [-0.4, -0.2) is 4.98 Å². The zero-order chi connectivity index (χ0) is 12.4. The molecular weight excluding hydrogens is 217 g/mol. The Balaban J connectivity index is 2.48. The average Bonchev–Trinajstić information content (AvgIpc) is 2.32. The normalized spacial score (nSPS) is 12.4. The number of anilines is 1. The molecule has 0 aliphatic carbocycles. The van der Waals surface area contributed by atoms with E-state index in [2.05, 4.69) is 4.98 Å². The topological polar surface area (TPSA) is 64.9 Å². The molecule has 0 aliphatic rings. The third kappa shape index (κ3) is 2.12. The van der Waals surface area contributed by atoms with Gasteiger partial charge in [0.2, 0.25) is 0 Å². The number of benzene rings is 1. The standard InChI is InChI=1S/C13H14FN3/c1-8-3-2-4-9(12(8)14)13(16)10-7-17-6-5-11(10)15/h2-7,13H,16H2,1H3,(H2,15,17). The molecule has 1 aromatic heterocycles. The van der Waals surface area contributed by atoms with E-state index in [4.69, 9.17) is 11.5 Å². The van der Waals surface area contributed by atoms with Gasteiger partial charge in [-0.2, -0.15) is 0 Å². The molecule has 4 N–H and O–H groups in total. The number of hydrogen-bond donors (Lipinski definition) is 2. The van der Waals surface area contributed by atoms with E-state index in [0.29, 0.717) is 22.4 Å². The predicted octanol–water partition coefficient (Wildman–Crippen LogP) is 2.16. The van der Waals surface area contributed by atoms with Gasteiger partial charge in [-0.3, -0.25) is 4.98 Å². The molecular formula is C13H14FN3. The SMILES string of the molecule is Cc1cccc(C(N)c2cnccc2N)c1F. The Kier molecular flexibility index (Phi) is 3.06. The highest BCUT2D eigenvalue weighted by molar-refractivity contribution is 5.49. The molecule has 3 nitrogen and oxygen atoms in total. The summed E-state index contributed by atoms with van der Waals surface area (Å²) < 4.78 is 13.9. The highest BCUT2D eigenvalue weighted by atomic mass is 19.1.